The van der Waals surface area contributed by atoms with Crippen molar-refractivity contribution in [3.05, 3.63) is 29.8 Å². The van der Waals surface area contributed by atoms with Crippen LogP contribution in [-0.4, -0.2) is 20.3 Å². The second-order valence-corrected chi connectivity index (χ2v) is 3.85. The minimum atomic E-state index is -0.280. The van der Waals surface area contributed by atoms with Crippen LogP contribution in [0.4, 0.5) is 0 Å². The van der Waals surface area contributed by atoms with Crippen LogP contribution in [0, 0.1) is 5.92 Å². The molecule has 1 aromatic rings. The molecule has 3 nitrogen and oxygen atoms in total. The van der Waals surface area contributed by atoms with E-state index in [9.17, 15) is 0 Å². The highest BCUT2D eigenvalue weighted by molar-refractivity contribution is 5.34. The van der Waals surface area contributed by atoms with E-state index in [0.717, 1.165) is 24.5 Å². The van der Waals surface area contributed by atoms with Crippen LogP contribution >= 0.6 is 0 Å². The second-order valence-electron chi connectivity index (χ2n) is 3.85. The van der Waals surface area contributed by atoms with Crippen molar-refractivity contribution in [2.24, 2.45) is 5.92 Å². The molecule has 0 amide bonds. The summed E-state index contributed by atoms with van der Waals surface area (Å²) < 4.78 is 16.5. The topological polar surface area (TPSA) is 27.7 Å². The molecule has 0 unspecified atom stereocenters. The van der Waals surface area contributed by atoms with E-state index in [1.807, 2.05) is 24.3 Å². The summed E-state index contributed by atoms with van der Waals surface area (Å²) in [4.78, 5) is 0. The van der Waals surface area contributed by atoms with Gasteiger partial charge in [0.25, 0.3) is 0 Å². The summed E-state index contributed by atoms with van der Waals surface area (Å²) in [6, 6.07) is 7.79. The molecule has 1 fully saturated rings. The third-order valence-electron chi connectivity index (χ3n) is 2.46. The summed E-state index contributed by atoms with van der Waals surface area (Å²) in [5.74, 6) is 1.29. The second kappa shape index (κ2) is 4.64. The Morgan fingerprint density at radius 2 is 1.87 bits per heavy atom. The van der Waals surface area contributed by atoms with Crippen molar-refractivity contribution >= 4 is 0 Å². The molecular formula is C12H16O3. The lowest BCUT2D eigenvalue weighted by atomic mass is 10.1. The van der Waals surface area contributed by atoms with Gasteiger partial charge in [-0.25, -0.2) is 0 Å². The van der Waals surface area contributed by atoms with Gasteiger partial charge < -0.3 is 14.2 Å². The van der Waals surface area contributed by atoms with Crippen LogP contribution in [0.5, 0.6) is 5.75 Å². The zero-order chi connectivity index (χ0) is 10.7. The Morgan fingerprint density at radius 3 is 2.53 bits per heavy atom. The quantitative estimate of drug-likeness (QED) is 0.746. The molecule has 0 aromatic heterocycles. The van der Waals surface area contributed by atoms with Gasteiger partial charge in [0.15, 0.2) is 6.29 Å². The lowest BCUT2D eigenvalue weighted by Gasteiger charge is -2.28. The Balaban J connectivity index is 2.15. The molecule has 0 spiro atoms. The van der Waals surface area contributed by atoms with E-state index in [-0.39, 0.29) is 6.29 Å². The first kappa shape index (κ1) is 10.5. The summed E-state index contributed by atoms with van der Waals surface area (Å²) in [6.45, 7) is 3.59. The molecule has 0 radical (unpaired) electrons. The van der Waals surface area contributed by atoms with Gasteiger partial charge in [-0.1, -0.05) is 25.1 Å². The highest BCUT2D eigenvalue weighted by atomic mass is 16.7. The van der Waals surface area contributed by atoms with Crippen LogP contribution < -0.4 is 4.74 Å². The summed E-state index contributed by atoms with van der Waals surface area (Å²) in [5.41, 5.74) is 0.965. The van der Waals surface area contributed by atoms with Gasteiger partial charge in [-0.3, -0.25) is 0 Å². The van der Waals surface area contributed by atoms with E-state index in [1.165, 1.54) is 0 Å². The van der Waals surface area contributed by atoms with Crippen molar-refractivity contribution in [3.8, 4) is 5.75 Å². The highest BCUT2D eigenvalue weighted by Crippen LogP contribution is 2.31. The third-order valence-corrected chi connectivity index (χ3v) is 2.46. The van der Waals surface area contributed by atoms with E-state index in [4.69, 9.17) is 14.2 Å². The molecule has 82 valence electrons. The molecule has 15 heavy (non-hydrogen) atoms. The van der Waals surface area contributed by atoms with Gasteiger partial charge in [-0.05, 0) is 6.07 Å². The molecule has 1 aliphatic rings. The predicted octanol–water partition coefficient (Wildman–Crippen LogP) is 2.38. The lowest BCUT2D eigenvalue weighted by molar-refractivity contribution is -0.202. The Kier molecular flexibility index (Phi) is 3.23. The molecule has 0 N–H and O–H groups in total. The van der Waals surface area contributed by atoms with Crippen molar-refractivity contribution in [1.82, 2.24) is 0 Å². The SMILES string of the molecule is COc1ccccc1C1OCC(C)CO1. The largest absolute Gasteiger partial charge is 0.496 e. The van der Waals surface area contributed by atoms with E-state index >= 15 is 0 Å². The molecule has 0 bridgehead atoms. The van der Waals surface area contributed by atoms with Crippen molar-refractivity contribution in [3.63, 3.8) is 0 Å². The zero-order valence-electron chi connectivity index (χ0n) is 9.10. The zero-order valence-corrected chi connectivity index (χ0v) is 9.10. The minimum absolute atomic E-state index is 0.280. The standard InChI is InChI=1S/C12H16O3/c1-9-7-14-12(15-8-9)10-5-3-4-6-11(10)13-2/h3-6,9,12H,7-8H2,1-2H3. The Morgan fingerprint density at radius 1 is 1.20 bits per heavy atom. The lowest BCUT2D eigenvalue weighted by Crippen LogP contribution is -2.25. The average Bonchev–Trinajstić information content (AvgIpc) is 2.30. The predicted molar refractivity (Wildman–Crippen MR) is 56.8 cm³/mol. The Labute approximate surface area is 90.0 Å². The number of ether oxygens (including phenoxy) is 3. The molecule has 1 heterocycles. The molecule has 1 aromatic carbocycles. The fourth-order valence-electron chi connectivity index (χ4n) is 1.64. The van der Waals surface area contributed by atoms with E-state index in [0.29, 0.717) is 5.92 Å². The fourth-order valence-corrected chi connectivity index (χ4v) is 1.64. The van der Waals surface area contributed by atoms with Crippen LogP contribution in [0.15, 0.2) is 24.3 Å². The number of rotatable bonds is 2. The molecule has 3 heteroatoms. The van der Waals surface area contributed by atoms with Crippen molar-refractivity contribution in [2.75, 3.05) is 20.3 Å². The van der Waals surface area contributed by atoms with Crippen molar-refractivity contribution in [2.45, 2.75) is 13.2 Å². The fraction of sp³-hybridized carbons (Fsp3) is 0.500. The summed E-state index contributed by atoms with van der Waals surface area (Å²) in [7, 11) is 1.66. The first-order valence-corrected chi connectivity index (χ1v) is 5.17. The summed E-state index contributed by atoms with van der Waals surface area (Å²) in [6.07, 6.45) is -0.280. The first-order valence-electron chi connectivity index (χ1n) is 5.17. The monoisotopic (exact) mass is 208 g/mol. The number of benzene rings is 1. The maximum Gasteiger partial charge on any atom is 0.187 e. The molecule has 0 aliphatic carbocycles. The van der Waals surface area contributed by atoms with Gasteiger partial charge in [0.1, 0.15) is 5.75 Å². The van der Waals surface area contributed by atoms with Crippen LogP contribution in [0.3, 0.4) is 0 Å². The number of methoxy groups -OCH3 is 1. The van der Waals surface area contributed by atoms with Gasteiger partial charge in [-0.2, -0.15) is 0 Å². The van der Waals surface area contributed by atoms with E-state index < -0.39 is 0 Å². The van der Waals surface area contributed by atoms with Gasteiger partial charge in [0.2, 0.25) is 0 Å². The molecular weight excluding hydrogens is 192 g/mol. The van der Waals surface area contributed by atoms with Crippen molar-refractivity contribution in [1.29, 1.82) is 0 Å². The molecule has 1 aliphatic heterocycles. The van der Waals surface area contributed by atoms with Crippen molar-refractivity contribution < 1.29 is 14.2 Å². The van der Waals surface area contributed by atoms with Gasteiger partial charge in [0.05, 0.1) is 20.3 Å². The molecule has 1 saturated heterocycles. The highest BCUT2D eigenvalue weighted by Gasteiger charge is 2.23. The normalized spacial score (nSPS) is 26.3. The smallest absolute Gasteiger partial charge is 0.187 e. The number of hydrogen-bond donors (Lipinski definition) is 0. The van der Waals surface area contributed by atoms with Crippen LogP contribution in [-0.2, 0) is 9.47 Å². The average molecular weight is 208 g/mol. The summed E-state index contributed by atoms with van der Waals surface area (Å²) in [5, 5.41) is 0. The van der Waals surface area contributed by atoms with Gasteiger partial charge in [-0.15, -0.1) is 0 Å². The number of para-hydroxylation sites is 1. The first-order chi connectivity index (χ1) is 7.31. The Hall–Kier alpha value is -1.06. The maximum atomic E-state index is 5.62. The molecule has 0 atom stereocenters. The molecule has 0 saturated carbocycles. The van der Waals surface area contributed by atoms with Gasteiger partial charge >= 0.3 is 0 Å². The number of hydrogen-bond acceptors (Lipinski definition) is 3. The summed E-state index contributed by atoms with van der Waals surface area (Å²) >= 11 is 0. The Bertz CT molecular complexity index is 316. The van der Waals surface area contributed by atoms with E-state index in [1.54, 1.807) is 7.11 Å². The minimum Gasteiger partial charge on any atom is -0.496 e. The van der Waals surface area contributed by atoms with Crippen LogP contribution in [0.2, 0.25) is 0 Å². The third kappa shape index (κ3) is 2.30. The van der Waals surface area contributed by atoms with E-state index in [2.05, 4.69) is 6.92 Å². The maximum absolute atomic E-state index is 5.62. The molecule has 2 rings (SSSR count). The van der Waals surface area contributed by atoms with Gasteiger partial charge in [0, 0.05) is 11.5 Å². The van der Waals surface area contributed by atoms with Crippen LogP contribution in [0.1, 0.15) is 18.8 Å². The van der Waals surface area contributed by atoms with Crippen LogP contribution in [0.25, 0.3) is 0 Å².